The van der Waals surface area contributed by atoms with Gasteiger partial charge in [-0.1, -0.05) is 60.1 Å². The van der Waals surface area contributed by atoms with Gasteiger partial charge in [0.25, 0.3) is 0 Å². The largest absolute Gasteiger partial charge is 0.479 e. The zero-order chi connectivity index (χ0) is 49.3. The van der Waals surface area contributed by atoms with Crippen LogP contribution in [0.15, 0.2) is 11.6 Å². The Hall–Kier alpha value is -1.51. The predicted octanol–water partition coefficient (Wildman–Crippen LogP) is -1.74. The highest BCUT2D eigenvalue weighted by Crippen LogP contribution is 2.76. The van der Waals surface area contributed by atoms with E-state index in [0.717, 1.165) is 18.4 Å². The van der Waals surface area contributed by atoms with Gasteiger partial charge in [0.05, 0.1) is 49.7 Å². The van der Waals surface area contributed by atoms with Crippen molar-refractivity contribution in [3.05, 3.63) is 11.6 Å². The molecule has 0 aromatic rings. The first-order chi connectivity index (χ1) is 31.2. The summed E-state index contributed by atoms with van der Waals surface area (Å²) in [6, 6.07) is 0. The molecule has 4 saturated carbocycles. The SMILES string of the molecule is CC1(C)C[C@H]2C3=CC[C@@H]4[C@@]5(C)CC[C@H](O[C@@H]6O[C@H](C(=O)O)[C@@H](O)[C@H](O[C@@H]7O[C@@H](CO)[C@H](O)[C@H]7O)[C@H]6O[C@@H]6O[C@H](CO)[C@H](O)[C@H](O)[C@H]6O)C(C)(C)[C@@H]5CC[C@@]4(C)[C@]3(C)C[C@@H](O)[C@@]2(CO)[C@H](O)[C@@H]1O. The number of carboxylic acid groups (broad SMARTS) is 1. The van der Waals surface area contributed by atoms with Crippen molar-refractivity contribution in [1.29, 1.82) is 0 Å². The summed E-state index contributed by atoms with van der Waals surface area (Å²) in [6.07, 6.45) is -22.7. The van der Waals surface area contributed by atoms with E-state index >= 15 is 0 Å². The summed E-state index contributed by atoms with van der Waals surface area (Å²) in [4.78, 5) is 12.8. The lowest BCUT2D eigenvalue weighted by atomic mass is 9.33. The lowest BCUT2D eigenvalue weighted by molar-refractivity contribution is -0.386. The molecule has 67 heavy (non-hydrogen) atoms. The van der Waals surface area contributed by atoms with E-state index in [1.807, 2.05) is 13.8 Å². The van der Waals surface area contributed by atoms with Gasteiger partial charge in [0.2, 0.25) is 0 Å². The van der Waals surface area contributed by atoms with Crippen molar-refractivity contribution in [1.82, 2.24) is 0 Å². The molecule has 20 nitrogen and oxygen atoms in total. The van der Waals surface area contributed by atoms with Crippen LogP contribution in [0, 0.1) is 50.2 Å². The molecule has 7 fully saturated rings. The molecule has 0 spiro atoms. The standard InChI is InChI=1S/C47H76O20/c1-42(2)14-20-19-8-9-24-44(5)12-11-26(43(3,4)23(44)10-13-45(24,6)46(19,7)15-25(51)47(20,18-50)37(59)36(42)58)64-41-35(67-40-31(56)29(54)27(52)21(16-48)62-40)33(32(57)34(66-41)38(60)61)65-39-30(55)28(53)22(17-49)63-39/h8,20-37,39-41,48-59H,9-18H2,1-7H3,(H,60,61)/t20-,21+,22-,23-,24+,25+,26-,27-,28-,29-,30+,31+,32-,33-,34-,35+,36-,37+,39-,40-,41+,44-,45+,46+,47-/m0/s1. The molecule has 0 bridgehead atoms. The number of fused-ring (bicyclic) bond motifs is 7. The van der Waals surface area contributed by atoms with Crippen LogP contribution in [-0.4, -0.2) is 203 Å². The van der Waals surface area contributed by atoms with E-state index < -0.39 is 158 Å². The zero-order valence-electron chi connectivity index (χ0n) is 39.4. The molecule has 5 aliphatic carbocycles. The van der Waals surface area contributed by atoms with Gasteiger partial charge in [-0.05, 0) is 89.8 Å². The summed E-state index contributed by atoms with van der Waals surface area (Å²) in [7, 11) is 0. The van der Waals surface area contributed by atoms with E-state index in [1.54, 1.807) is 0 Å². The topological polar surface area (TPSA) is 335 Å². The van der Waals surface area contributed by atoms with Crippen LogP contribution in [0.1, 0.15) is 93.4 Å². The van der Waals surface area contributed by atoms with Gasteiger partial charge in [0.1, 0.15) is 61.0 Å². The molecule has 20 heteroatoms. The highest BCUT2D eigenvalue weighted by Gasteiger charge is 2.72. The van der Waals surface area contributed by atoms with Crippen LogP contribution in [0.5, 0.6) is 0 Å². The lowest BCUT2D eigenvalue weighted by Crippen LogP contribution is -2.71. The minimum atomic E-state index is -2.08. The Morgan fingerprint density at radius 2 is 1.24 bits per heavy atom. The summed E-state index contributed by atoms with van der Waals surface area (Å²) >= 11 is 0. The van der Waals surface area contributed by atoms with Crippen LogP contribution in [0.25, 0.3) is 0 Å². The number of hydrogen-bond acceptors (Lipinski definition) is 19. The summed E-state index contributed by atoms with van der Waals surface area (Å²) < 4.78 is 36.3. The molecular formula is C47H76O20. The average Bonchev–Trinajstić information content (AvgIpc) is 3.53. The fourth-order valence-corrected chi connectivity index (χ4v) is 15.2. The Balaban J connectivity index is 1.11. The van der Waals surface area contributed by atoms with Crippen molar-refractivity contribution < 1.29 is 99.6 Å². The Kier molecular flexibility index (Phi) is 13.9. The van der Waals surface area contributed by atoms with E-state index in [1.165, 1.54) is 0 Å². The van der Waals surface area contributed by atoms with Gasteiger partial charge < -0.3 is 94.8 Å². The second kappa shape index (κ2) is 17.9. The number of aliphatic hydroxyl groups is 12. The van der Waals surface area contributed by atoms with Crippen molar-refractivity contribution >= 4 is 5.97 Å². The maximum atomic E-state index is 12.8. The third-order valence-corrected chi connectivity index (χ3v) is 19.3. The van der Waals surface area contributed by atoms with Crippen molar-refractivity contribution in [3.63, 3.8) is 0 Å². The molecule has 3 aliphatic heterocycles. The molecule has 25 atom stereocenters. The molecule has 13 N–H and O–H groups in total. The van der Waals surface area contributed by atoms with Crippen molar-refractivity contribution in [3.8, 4) is 0 Å². The fraction of sp³-hybridized carbons (Fsp3) is 0.936. The van der Waals surface area contributed by atoms with Crippen LogP contribution >= 0.6 is 0 Å². The van der Waals surface area contributed by atoms with E-state index in [-0.39, 0.29) is 28.6 Å². The van der Waals surface area contributed by atoms with Gasteiger partial charge in [-0.15, -0.1) is 0 Å². The third-order valence-electron chi connectivity index (χ3n) is 19.3. The van der Waals surface area contributed by atoms with Gasteiger partial charge >= 0.3 is 5.97 Å². The molecule has 0 amide bonds. The number of rotatable bonds is 10. The Labute approximate surface area is 390 Å². The van der Waals surface area contributed by atoms with Crippen molar-refractivity contribution in [2.75, 3.05) is 19.8 Å². The van der Waals surface area contributed by atoms with Gasteiger partial charge in [-0.25, -0.2) is 4.79 Å². The predicted molar refractivity (Wildman–Crippen MR) is 229 cm³/mol. The van der Waals surface area contributed by atoms with Crippen LogP contribution in [0.4, 0.5) is 0 Å². The molecule has 384 valence electrons. The quantitative estimate of drug-likeness (QED) is 0.0854. The van der Waals surface area contributed by atoms with E-state index in [9.17, 15) is 71.2 Å². The maximum absolute atomic E-state index is 12.8. The number of carboxylic acids is 1. The zero-order valence-corrected chi connectivity index (χ0v) is 39.4. The molecular weight excluding hydrogens is 884 g/mol. The molecule has 3 heterocycles. The molecule has 8 aliphatic rings. The fourth-order valence-electron chi connectivity index (χ4n) is 15.2. The highest BCUT2D eigenvalue weighted by molar-refractivity contribution is 5.73. The minimum absolute atomic E-state index is 0.00810. The monoisotopic (exact) mass is 960 g/mol. The van der Waals surface area contributed by atoms with Gasteiger partial charge in [-0.2, -0.15) is 0 Å². The van der Waals surface area contributed by atoms with E-state index in [2.05, 4.69) is 40.7 Å². The first kappa shape index (κ1) is 51.8. The first-order valence-corrected chi connectivity index (χ1v) is 24.0. The molecule has 8 rings (SSSR count). The molecule has 3 saturated heterocycles. The Bertz CT molecular complexity index is 1850. The molecule has 0 radical (unpaired) electrons. The molecule has 0 aromatic heterocycles. The second-order valence-electron chi connectivity index (χ2n) is 23.3. The Morgan fingerprint density at radius 3 is 1.82 bits per heavy atom. The molecule has 0 aromatic carbocycles. The summed E-state index contributed by atoms with van der Waals surface area (Å²) in [5.41, 5.74) is -2.74. The van der Waals surface area contributed by atoms with Crippen LogP contribution in [0.2, 0.25) is 0 Å². The third kappa shape index (κ3) is 7.65. The van der Waals surface area contributed by atoms with Gasteiger partial charge in [-0.3, -0.25) is 0 Å². The number of allylic oxidation sites excluding steroid dienone is 2. The molecule has 0 unspecified atom stereocenters. The van der Waals surface area contributed by atoms with E-state index in [0.29, 0.717) is 32.1 Å². The van der Waals surface area contributed by atoms with Crippen molar-refractivity contribution in [2.24, 2.45) is 50.2 Å². The lowest BCUT2D eigenvalue weighted by Gasteiger charge is -2.72. The van der Waals surface area contributed by atoms with Crippen molar-refractivity contribution in [2.45, 2.75) is 204 Å². The van der Waals surface area contributed by atoms with Crippen LogP contribution in [-0.2, 0) is 33.2 Å². The summed E-state index contributed by atoms with van der Waals surface area (Å²) in [6.45, 7) is 12.8. The normalized spacial score (nSPS) is 54.8. The smallest absolute Gasteiger partial charge is 0.335 e. The number of aliphatic hydroxyl groups excluding tert-OH is 12. The Morgan fingerprint density at radius 1 is 0.657 bits per heavy atom. The van der Waals surface area contributed by atoms with E-state index in [4.69, 9.17) is 28.4 Å². The van der Waals surface area contributed by atoms with Crippen LogP contribution < -0.4 is 0 Å². The summed E-state index contributed by atoms with van der Waals surface area (Å²) in [5, 5.41) is 141. The average molecular weight is 961 g/mol. The van der Waals surface area contributed by atoms with Gasteiger partial charge in [0.15, 0.2) is 25.0 Å². The maximum Gasteiger partial charge on any atom is 0.335 e. The summed E-state index contributed by atoms with van der Waals surface area (Å²) in [5.74, 6) is -1.90. The second-order valence-corrected chi connectivity index (χ2v) is 23.3. The number of aliphatic carboxylic acids is 1. The van der Waals surface area contributed by atoms with Crippen LogP contribution in [0.3, 0.4) is 0 Å². The van der Waals surface area contributed by atoms with Gasteiger partial charge in [0, 0.05) is 0 Å². The number of hydrogen-bond donors (Lipinski definition) is 13. The first-order valence-electron chi connectivity index (χ1n) is 24.0. The highest BCUT2D eigenvalue weighted by atomic mass is 16.8. The minimum Gasteiger partial charge on any atom is -0.479 e. The number of ether oxygens (including phenoxy) is 6. The number of carbonyl (C=O) groups is 1.